The SMILES string of the molecule is CCOC(=O)CCC(=O)N1CCN(c2c(CC(=O)OCC)c(C)nc3ncnn23)CC1. The van der Waals surface area contributed by atoms with E-state index >= 15 is 0 Å². The van der Waals surface area contributed by atoms with E-state index in [1.807, 2.05) is 6.92 Å². The first-order chi connectivity index (χ1) is 14.9. The van der Waals surface area contributed by atoms with E-state index in [0.717, 1.165) is 11.4 Å². The number of aryl methyl sites for hydroxylation is 1. The van der Waals surface area contributed by atoms with Gasteiger partial charge in [0.15, 0.2) is 0 Å². The summed E-state index contributed by atoms with van der Waals surface area (Å²) in [4.78, 5) is 48.6. The van der Waals surface area contributed by atoms with Gasteiger partial charge < -0.3 is 19.3 Å². The predicted molar refractivity (Wildman–Crippen MR) is 111 cm³/mol. The number of ether oxygens (including phenoxy) is 2. The average molecular weight is 432 g/mol. The van der Waals surface area contributed by atoms with Crippen molar-refractivity contribution in [3.8, 4) is 0 Å². The van der Waals surface area contributed by atoms with Crippen LogP contribution in [0.5, 0.6) is 0 Å². The maximum Gasteiger partial charge on any atom is 0.310 e. The van der Waals surface area contributed by atoms with E-state index in [1.165, 1.54) is 6.33 Å². The van der Waals surface area contributed by atoms with Crippen molar-refractivity contribution in [3.63, 3.8) is 0 Å². The van der Waals surface area contributed by atoms with Crippen molar-refractivity contribution >= 4 is 29.4 Å². The summed E-state index contributed by atoms with van der Waals surface area (Å²) in [5.41, 5.74) is 1.43. The van der Waals surface area contributed by atoms with E-state index in [1.54, 1.807) is 23.3 Å². The number of rotatable bonds is 8. The van der Waals surface area contributed by atoms with Crippen LogP contribution in [0.3, 0.4) is 0 Å². The van der Waals surface area contributed by atoms with Gasteiger partial charge in [-0.05, 0) is 20.8 Å². The topological polar surface area (TPSA) is 119 Å². The molecule has 0 radical (unpaired) electrons. The zero-order chi connectivity index (χ0) is 22.4. The first-order valence-electron chi connectivity index (χ1n) is 10.5. The third-order valence-electron chi connectivity index (χ3n) is 5.11. The van der Waals surface area contributed by atoms with Crippen molar-refractivity contribution in [2.24, 2.45) is 0 Å². The molecule has 3 heterocycles. The molecule has 1 saturated heterocycles. The van der Waals surface area contributed by atoms with Crippen LogP contribution in [0.15, 0.2) is 6.33 Å². The predicted octanol–water partition coefficient (Wildman–Crippen LogP) is 0.530. The number of hydrogen-bond donors (Lipinski definition) is 0. The number of carbonyl (C=O) groups excluding carboxylic acids is 3. The molecule has 2 aromatic rings. The summed E-state index contributed by atoms with van der Waals surface area (Å²) in [7, 11) is 0. The molecule has 1 fully saturated rings. The molecule has 0 aromatic carbocycles. The van der Waals surface area contributed by atoms with E-state index in [9.17, 15) is 14.4 Å². The van der Waals surface area contributed by atoms with Crippen LogP contribution in [0.25, 0.3) is 5.78 Å². The first-order valence-corrected chi connectivity index (χ1v) is 10.5. The summed E-state index contributed by atoms with van der Waals surface area (Å²) < 4.78 is 11.6. The smallest absolute Gasteiger partial charge is 0.310 e. The molecule has 31 heavy (non-hydrogen) atoms. The molecule has 1 aliphatic heterocycles. The second-order valence-corrected chi connectivity index (χ2v) is 7.13. The van der Waals surface area contributed by atoms with Gasteiger partial charge in [-0.2, -0.15) is 14.6 Å². The molecule has 0 bridgehead atoms. The molecular formula is C20H28N6O5. The van der Waals surface area contributed by atoms with E-state index in [-0.39, 0.29) is 37.1 Å². The highest BCUT2D eigenvalue weighted by atomic mass is 16.5. The number of nitrogens with zero attached hydrogens (tertiary/aromatic N) is 6. The fraction of sp³-hybridized carbons (Fsp3) is 0.600. The molecule has 0 aliphatic carbocycles. The second-order valence-electron chi connectivity index (χ2n) is 7.13. The molecule has 0 atom stereocenters. The van der Waals surface area contributed by atoms with E-state index in [2.05, 4.69) is 20.0 Å². The van der Waals surface area contributed by atoms with Crippen LogP contribution in [0.2, 0.25) is 0 Å². The fourth-order valence-corrected chi connectivity index (χ4v) is 3.62. The Morgan fingerprint density at radius 2 is 1.68 bits per heavy atom. The Balaban J connectivity index is 1.74. The molecule has 0 N–H and O–H groups in total. The minimum Gasteiger partial charge on any atom is -0.466 e. The van der Waals surface area contributed by atoms with E-state index < -0.39 is 0 Å². The molecule has 168 valence electrons. The first kappa shape index (κ1) is 22.4. The van der Waals surface area contributed by atoms with Gasteiger partial charge in [0.1, 0.15) is 12.1 Å². The number of piperazine rings is 1. The number of aromatic nitrogens is 4. The highest BCUT2D eigenvalue weighted by molar-refractivity contribution is 5.81. The second kappa shape index (κ2) is 10.2. The number of esters is 2. The minimum atomic E-state index is -0.362. The largest absolute Gasteiger partial charge is 0.466 e. The molecule has 1 amide bonds. The van der Waals surface area contributed by atoms with Gasteiger partial charge in [-0.15, -0.1) is 0 Å². The Kier molecular flexibility index (Phi) is 7.37. The molecule has 2 aromatic heterocycles. The van der Waals surface area contributed by atoms with Crippen LogP contribution in [0.4, 0.5) is 5.82 Å². The molecule has 0 saturated carbocycles. The van der Waals surface area contributed by atoms with Gasteiger partial charge in [-0.25, -0.2) is 4.98 Å². The Morgan fingerprint density at radius 1 is 1.00 bits per heavy atom. The number of carbonyl (C=O) groups is 3. The molecule has 11 nitrogen and oxygen atoms in total. The normalized spacial score (nSPS) is 14.0. The number of hydrogen-bond acceptors (Lipinski definition) is 9. The summed E-state index contributed by atoms with van der Waals surface area (Å²) in [5.74, 6) is 0.427. The monoisotopic (exact) mass is 432 g/mol. The molecule has 0 unspecified atom stereocenters. The number of amides is 1. The number of anilines is 1. The Hall–Kier alpha value is -3.24. The van der Waals surface area contributed by atoms with Gasteiger partial charge in [0, 0.05) is 43.9 Å². The Bertz CT molecular complexity index is 951. The van der Waals surface area contributed by atoms with Gasteiger partial charge in [0.25, 0.3) is 5.78 Å². The lowest BCUT2D eigenvalue weighted by Crippen LogP contribution is -2.49. The standard InChI is InChI=1S/C20H28N6O5/c1-4-30-17(28)7-6-16(27)24-8-10-25(11-9-24)19-15(12-18(29)31-5-2)14(3)23-20-21-13-22-26(19)20/h13H,4-12H2,1-3H3. The van der Waals surface area contributed by atoms with Gasteiger partial charge in [-0.1, -0.05) is 0 Å². The molecular weight excluding hydrogens is 404 g/mol. The zero-order valence-electron chi connectivity index (χ0n) is 18.2. The number of fused-ring (bicyclic) bond motifs is 1. The Labute approximate surface area is 180 Å². The maximum atomic E-state index is 12.5. The average Bonchev–Trinajstić information content (AvgIpc) is 3.21. The lowest BCUT2D eigenvalue weighted by molar-refractivity contribution is -0.145. The van der Waals surface area contributed by atoms with Crippen molar-refractivity contribution in [2.45, 2.75) is 40.0 Å². The summed E-state index contributed by atoms with van der Waals surface area (Å²) in [6, 6.07) is 0. The zero-order valence-corrected chi connectivity index (χ0v) is 18.2. The summed E-state index contributed by atoms with van der Waals surface area (Å²) >= 11 is 0. The van der Waals surface area contributed by atoms with Gasteiger partial charge >= 0.3 is 11.9 Å². The maximum absolute atomic E-state index is 12.5. The summed E-state index contributed by atoms with van der Waals surface area (Å²) in [5, 5.41) is 4.29. The lowest BCUT2D eigenvalue weighted by atomic mass is 10.1. The van der Waals surface area contributed by atoms with Crippen molar-refractivity contribution in [1.29, 1.82) is 0 Å². The van der Waals surface area contributed by atoms with Crippen LogP contribution in [0.1, 0.15) is 37.9 Å². The fourth-order valence-electron chi connectivity index (χ4n) is 3.62. The van der Waals surface area contributed by atoms with E-state index in [0.29, 0.717) is 50.9 Å². The van der Waals surface area contributed by atoms with Crippen molar-refractivity contribution in [2.75, 3.05) is 44.3 Å². The van der Waals surface area contributed by atoms with Crippen LogP contribution in [-0.4, -0.2) is 81.7 Å². The lowest BCUT2D eigenvalue weighted by Gasteiger charge is -2.37. The van der Waals surface area contributed by atoms with Crippen LogP contribution >= 0.6 is 0 Å². The third kappa shape index (κ3) is 5.28. The van der Waals surface area contributed by atoms with Crippen molar-refractivity contribution in [3.05, 3.63) is 17.6 Å². The molecule has 0 spiro atoms. The molecule has 1 aliphatic rings. The third-order valence-corrected chi connectivity index (χ3v) is 5.11. The Morgan fingerprint density at radius 3 is 2.35 bits per heavy atom. The minimum absolute atomic E-state index is 0.0729. The highest BCUT2D eigenvalue weighted by Crippen LogP contribution is 2.25. The van der Waals surface area contributed by atoms with Crippen molar-refractivity contribution < 1.29 is 23.9 Å². The highest BCUT2D eigenvalue weighted by Gasteiger charge is 2.27. The summed E-state index contributed by atoms with van der Waals surface area (Å²) in [6.45, 7) is 8.06. The van der Waals surface area contributed by atoms with E-state index in [4.69, 9.17) is 9.47 Å². The summed E-state index contributed by atoms with van der Waals surface area (Å²) in [6.07, 6.45) is 1.72. The van der Waals surface area contributed by atoms with Crippen LogP contribution < -0.4 is 4.90 Å². The molecule has 11 heteroatoms. The van der Waals surface area contributed by atoms with Crippen LogP contribution in [-0.2, 0) is 30.3 Å². The van der Waals surface area contributed by atoms with Gasteiger partial charge in [-0.3, -0.25) is 14.4 Å². The van der Waals surface area contributed by atoms with Gasteiger partial charge in [0.05, 0.1) is 26.1 Å². The molecule has 3 rings (SSSR count). The van der Waals surface area contributed by atoms with Crippen LogP contribution in [0, 0.1) is 6.92 Å². The van der Waals surface area contributed by atoms with Gasteiger partial charge in [0.2, 0.25) is 5.91 Å². The quantitative estimate of drug-likeness (QED) is 0.550. The van der Waals surface area contributed by atoms with Crippen molar-refractivity contribution in [1.82, 2.24) is 24.5 Å².